The number of ether oxygens (including phenoxy) is 2. The minimum Gasteiger partial charge on any atom is -0.497 e. The van der Waals surface area contributed by atoms with Gasteiger partial charge in [-0.25, -0.2) is 4.79 Å². The summed E-state index contributed by atoms with van der Waals surface area (Å²) in [6, 6.07) is 17.4. The SMILES string of the molecule is COc1ccc(C(=O)OCCC(C)CCc2ccccc2)cc1. The summed E-state index contributed by atoms with van der Waals surface area (Å²) in [5.41, 5.74) is 1.91. The van der Waals surface area contributed by atoms with Crippen LogP contribution in [0, 0.1) is 5.92 Å². The molecule has 1 unspecified atom stereocenters. The van der Waals surface area contributed by atoms with Crippen molar-refractivity contribution in [3.63, 3.8) is 0 Å². The fraction of sp³-hybridized carbons (Fsp3) is 0.350. The highest BCUT2D eigenvalue weighted by atomic mass is 16.5. The molecule has 0 aliphatic carbocycles. The molecule has 0 fully saturated rings. The van der Waals surface area contributed by atoms with Gasteiger partial charge in [0.1, 0.15) is 5.75 Å². The van der Waals surface area contributed by atoms with Crippen LogP contribution in [0.4, 0.5) is 0 Å². The Morgan fingerprint density at radius 1 is 1.00 bits per heavy atom. The van der Waals surface area contributed by atoms with Crippen LogP contribution in [0.5, 0.6) is 5.75 Å². The molecule has 0 N–H and O–H groups in total. The number of esters is 1. The van der Waals surface area contributed by atoms with E-state index in [1.54, 1.807) is 31.4 Å². The minimum absolute atomic E-state index is 0.275. The second-order valence-corrected chi connectivity index (χ2v) is 5.78. The zero-order valence-corrected chi connectivity index (χ0v) is 13.8. The fourth-order valence-corrected chi connectivity index (χ4v) is 2.37. The van der Waals surface area contributed by atoms with Gasteiger partial charge >= 0.3 is 5.97 Å². The number of methoxy groups -OCH3 is 1. The zero-order chi connectivity index (χ0) is 16.5. The van der Waals surface area contributed by atoms with E-state index in [-0.39, 0.29) is 5.97 Å². The van der Waals surface area contributed by atoms with Crippen molar-refractivity contribution in [2.45, 2.75) is 26.2 Å². The molecule has 0 aliphatic rings. The van der Waals surface area contributed by atoms with E-state index in [0.717, 1.165) is 25.0 Å². The smallest absolute Gasteiger partial charge is 0.338 e. The Kier molecular flexibility index (Phi) is 6.67. The first-order valence-corrected chi connectivity index (χ1v) is 8.04. The van der Waals surface area contributed by atoms with Gasteiger partial charge in [0.15, 0.2) is 0 Å². The van der Waals surface area contributed by atoms with Crippen LogP contribution in [0.1, 0.15) is 35.7 Å². The third-order valence-electron chi connectivity index (χ3n) is 3.94. The van der Waals surface area contributed by atoms with Gasteiger partial charge in [-0.05, 0) is 55.0 Å². The van der Waals surface area contributed by atoms with Gasteiger partial charge in [-0.15, -0.1) is 0 Å². The molecule has 0 spiro atoms. The third-order valence-corrected chi connectivity index (χ3v) is 3.94. The van der Waals surface area contributed by atoms with Crippen molar-refractivity contribution >= 4 is 5.97 Å². The van der Waals surface area contributed by atoms with E-state index in [0.29, 0.717) is 18.1 Å². The number of carbonyl (C=O) groups excluding carboxylic acids is 1. The van der Waals surface area contributed by atoms with Gasteiger partial charge in [-0.1, -0.05) is 37.3 Å². The molecule has 0 bridgehead atoms. The van der Waals surface area contributed by atoms with E-state index in [1.807, 2.05) is 6.07 Å². The summed E-state index contributed by atoms with van der Waals surface area (Å²) in [5, 5.41) is 0. The molecule has 122 valence electrons. The van der Waals surface area contributed by atoms with Crippen molar-refractivity contribution in [3.05, 3.63) is 65.7 Å². The molecule has 2 aromatic carbocycles. The zero-order valence-electron chi connectivity index (χ0n) is 13.8. The number of aryl methyl sites for hydroxylation is 1. The third kappa shape index (κ3) is 5.78. The average Bonchev–Trinajstić information content (AvgIpc) is 2.61. The Hall–Kier alpha value is -2.29. The standard InChI is InChI=1S/C20H24O3/c1-16(8-9-17-6-4-3-5-7-17)14-15-23-20(21)18-10-12-19(22-2)13-11-18/h3-7,10-13,16H,8-9,14-15H2,1-2H3. The number of benzene rings is 2. The molecule has 0 heterocycles. The number of rotatable bonds is 8. The van der Waals surface area contributed by atoms with E-state index in [4.69, 9.17) is 9.47 Å². The topological polar surface area (TPSA) is 35.5 Å². The molecule has 23 heavy (non-hydrogen) atoms. The van der Waals surface area contributed by atoms with Crippen LogP contribution in [-0.2, 0) is 11.2 Å². The normalized spacial score (nSPS) is 11.7. The number of carbonyl (C=O) groups is 1. The lowest BCUT2D eigenvalue weighted by atomic mass is 9.99. The van der Waals surface area contributed by atoms with E-state index in [2.05, 4.69) is 31.2 Å². The maximum absolute atomic E-state index is 11.9. The molecule has 0 aromatic heterocycles. The van der Waals surface area contributed by atoms with Crippen LogP contribution < -0.4 is 4.74 Å². The molecule has 0 saturated heterocycles. The lowest BCUT2D eigenvalue weighted by Crippen LogP contribution is -2.09. The predicted molar refractivity (Wildman–Crippen MR) is 91.8 cm³/mol. The van der Waals surface area contributed by atoms with E-state index in [9.17, 15) is 4.79 Å². The van der Waals surface area contributed by atoms with Crippen molar-refractivity contribution in [2.24, 2.45) is 5.92 Å². The molecule has 0 aliphatic heterocycles. The first-order valence-electron chi connectivity index (χ1n) is 8.04. The maximum atomic E-state index is 11.9. The van der Waals surface area contributed by atoms with Gasteiger partial charge in [-0.2, -0.15) is 0 Å². The van der Waals surface area contributed by atoms with Gasteiger partial charge in [0.05, 0.1) is 19.3 Å². The van der Waals surface area contributed by atoms with Crippen LogP contribution in [0.25, 0.3) is 0 Å². The van der Waals surface area contributed by atoms with Crippen LogP contribution >= 0.6 is 0 Å². The molecule has 1 atom stereocenters. The van der Waals surface area contributed by atoms with Gasteiger partial charge in [0.2, 0.25) is 0 Å². The predicted octanol–water partition coefficient (Wildman–Crippen LogP) is 4.51. The van der Waals surface area contributed by atoms with Gasteiger partial charge in [0.25, 0.3) is 0 Å². The lowest BCUT2D eigenvalue weighted by Gasteiger charge is -2.12. The molecule has 0 saturated carbocycles. The maximum Gasteiger partial charge on any atom is 0.338 e. The van der Waals surface area contributed by atoms with E-state index < -0.39 is 0 Å². The number of hydrogen-bond donors (Lipinski definition) is 0. The molecular weight excluding hydrogens is 288 g/mol. The summed E-state index contributed by atoms with van der Waals surface area (Å²) >= 11 is 0. The van der Waals surface area contributed by atoms with Crippen molar-refractivity contribution < 1.29 is 14.3 Å². The summed E-state index contributed by atoms with van der Waals surface area (Å²) in [6.45, 7) is 2.66. The fourth-order valence-electron chi connectivity index (χ4n) is 2.37. The van der Waals surface area contributed by atoms with Crippen LogP contribution in [0.15, 0.2) is 54.6 Å². The Morgan fingerprint density at radius 2 is 1.70 bits per heavy atom. The second kappa shape index (κ2) is 8.99. The Bertz CT molecular complexity index is 590. The summed E-state index contributed by atoms with van der Waals surface area (Å²) in [5.74, 6) is 0.984. The molecule has 2 rings (SSSR count). The first-order chi connectivity index (χ1) is 11.2. The van der Waals surface area contributed by atoms with Gasteiger partial charge in [-0.3, -0.25) is 0 Å². The second-order valence-electron chi connectivity index (χ2n) is 5.78. The van der Waals surface area contributed by atoms with Crippen molar-refractivity contribution in [1.29, 1.82) is 0 Å². The lowest BCUT2D eigenvalue weighted by molar-refractivity contribution is 0.0484. The van der Waals surface area contributed by atoms with Gasteiger partial charge < -0.3 is 9.47 Å². The monoisotopic (exact) mass is 312 g/mol. The highest BCUT2D eigenvalue weighted by molar-refractivity contribution is 5.89. The molecular formula is C20H24O3. The summed E-state index contributed by atoms with van der Waals surface area (Å²) in [6.07, 6.45) is 3.05. The first kappa shape index (κ1) is 17.1. The Morgan fingerprint density at radius 3 is 2.35 bits per heavy atom. The van der Waals surface area contributed by atoms with Crippen molar-refractivity contribution in [3.8, 4) is 5.75 Å². The van der Waals surface area contributed by atoms with Gasteiger partial charge in [0, 0.05) is 0 Å². The van der Waals surface area contributed by atoms with Crippen molar-refractivity contribution in [1.82, 2.24) is 0 Å². The van der Waals surface area contributed by atoms with Crippen molar-refractivity contribution in [2.75, 3.05) is 13.7 Å². The largest absolute Gasteiger partial charge is 0.497 e. The molecule has 3 heteroatoms. The summed E-state index contributed by atoms with van der Waals surface area (Å²) < 4.78 is 10.4. The Balaban J connectivity index is 1.68. The van der Waals surface area contributed by atoms with Crippen LogP contribution in [0.3, 0.4) is 0 Å². The highest BCUT2D eigenvalue weighted by Crippen LogP contribution is 2.15. The van der Waals surface area contributed by atoms with E-state index >= 15 is 0 Å². The summed E-state index contributed by atoms with van der Waals surface area (Å²) in [7, 11) is 1.60. The Labute approximate surface area is 138 Å². The molecule has 2 aromatic rings. The van der Waals surface area contributed by atoms with Crippen LogP contribution in [-0.4, -0.2) is 19.7 Å². The average molecular weight is 312 g/mol. The number of hydrogen-bond acceptors (Lipinski definition) is 3. The van der Waals surface area contributed by atoms with E-state index in [1.165, 1.54) is 5.56 Å². The highest BCUT2D eigenvalue weighted by Gasteiger charge is 2.09. The minimum atomic E-state index is -0.275. The molecule has 3 nitrogen and oxygen atoms in total. The molecule has 0 amide bonds. The van der Waals surface area contributed by atoms with Crippen LogP contribution in [0.2, 0.25) is 0 Å². The quantitative estimate of drug-likeness (QED) is 0.673. The summed E-state index contributed by atoms with van der Waals surface area (Å²) in [4.78, 5) is 11.9. The molecule has 0 radical (unpaired) electrons.